The zero-order valence-electron chi connectivity index (χ0n) is 23.7. The molecule has 3 aliphatic heterocycles. The number of fused-ring (bicyclic) bond motifs is 4. The molecule has 4 heterocycles. The number of aryl methyl sites for hydroxylation is 3. The van der Waals surface area contributed by atoms with Crippen LogP contribution in [0.3, 0.4) is 0 Å². The summed E-state index contributed by atoms with van der Waals surface area (Å²) in [5, 5.41) is 20.6. The molecule has 5 aliphatic rings. The normalized spacial score (nSPS) is 30.4. The Balaban J connectivity index is 1.18. The molecule has 0 spiro atoms. The van der Waals surface area contributed by atoms with Crippen LogP contribution >= 0.6 is 0 Å². The zero-order chi connectivity index (χ0) is 27.5. The second-order valence-electron chi connectivity index (χ2n) is 13.5. The fourth-order valence-electron chi connectivity index (χ4n) is 8.38. The van der Waals surface area contributed by atoms with Gasteiger partial charge in [-0.15, -0.1) is 0 Å². The predicted molar refractivity (Wildman–Crippen MR) is 154 cm³/mol. The van der Waals surface area contributed by atoms with Crippen molar-refractivity contribution in [2.45, 2.75) is 108 Å². The lowest BCUT2D eigenvalue weighted by atomic mass is 9.77. The van der Waals surface area contributed by atoms with Gasteiger partial charge in [0.2, 0.25) is 0 Å². The number of aliphatic hydroxyl groups is 1. The number of aromatic hydroxyl groups is 1. The van der Waals surface area contributed by atoms with Crippen molar-refractivity contribution in [3.63, 3.8) is 0 Å². The van der Waals surface area contributed by atoms with Crippen LogP contribution in [0.15, 0.2) is 23.0 Å². The number of H-pyrrole nitrogens is 1. The maximum absolute atomic E-state index is 13.7. The average Bonchev–Trinajstić information content (AvgIpc) is 3.69. The van der Waals surface area contributed by atoms with Crippen molar-refractivity contribution in [2.75, 3.05) is 13.1 Å². The summed E-state index contributed by atoms with van der Waals surface area (Å²) >= 11 is 0. The molecule has 2 saturated heterocycles. The highest BCUT2D eigenvalue weighted by atomic mass is 16.3. The first-order valence-corrected chi connectivity index (χ1v) is 15.6. The number of carbonyl (C=O) groups is 1. The van der Waals surface area contributed by atoms with Gasteiger partial charge in [-0.3, -0.25) is 14.5 Å². The lowest BCUT2D eigenvalue weighted by Gasteiger charge is -2.41. The molecular weight excluding hydrogens is 502 g/mol. The number of aromatic nitrogens is 1. The highest BCUT2D eigenvalue weighted by Crippen LogP contribution is 2.39. The molecule has 7 heteroatoms. The van der Waals surface area contributed by atoms with Crippen molar-refractivity contribution < 1.29 is 15.0 Å². The third-order valence-electron chi connectivity index (χ3n) is 10.7. The van der Waals surface area contributed by atoms with Gasteiger partial charge in [-0.1, -0.05) is 6.07 Å². The highest BCUT2D eigenvalue weighted by molar-refractivity contribution is 5.94. The molecule has 7 nitrogen and oxygen atoms in total. The number of nitrogens with one attached hydrogen (secondary N) is 1. The molecule has 2 bridgehead atoms. The number of hydrogen-bond acceptors (Lipinski definition) is 5. The van der Waals surface area contributed by atoms with E-state index in [-0.39, 0.29) is 35.2 Å². The molecule has 1 saturated carbocycles. The summed E-state index contributed by atoms with van der Waals surface area (Å²) in [5.41, 5.74) is 5.73. The van der Waals surface area contributed by atoms with Gasteiger partial charge in [-0.05, 0) is 137 Å². The maximum Gasteiger partial charge on any atom is 0.261 e. The number of hydrogen-bond donors (Lipinski definition) is 3. The second kappa shape index (κ2) is 10.3. The Kier molecular flexibility index (Phi) is 6.78. The van der Waals surface area contributed by atoms with Crippen LogP contribution in [-0.4, -0.2) is 68.2 Å². The van der Waals surface area contributed by atoms with Crippen molar-refractivity contribution in [1.82, 2.24) is 14.8 Å². The first-order chi connectivity index (χ1) is 19.3. The van der Waals surface area contributed by atoms with E-state index in [2.05, 4.69) is 16.0 Å². The molecule has 1 aromatic heterocycles. The molecule has 7 rings (SSSR count). The SMILES string of the molecule is Cc1cc2c(cc1O)CCCN(CC1CC1)C(C1CCc3[nH]c(=O)c(C(=O)N4C5CCC4CC(O)C5)cc3C1)C2. The molecule has 1 aromatic carbocycles. The van der Waals surface area contributed by atoms with Crippen molar-refractivity contribution in [2.24, 2.45) is 11.8 Å². The number of rotatable bonds is 4. The summed E-state index contributed by atoms with van der Waals surface area (Å²) in [4.78, 5) is 34.6. The number of amides is 1. The predicted octanol–water partition coefficient (Wildman–Crippen LogP) is 3.89. The Hall–Kier alpha value is -2.64. The van der Waals surface area contributed by atoms with E-state index in [9.17, 15) is 19.8 Å². The van der Waals surface area contributed by atoms with Crippen LogP contribution in [0, 0.1) is 18.8 Å². The molecular formula is C33H43N3O4. The Bertz CT molecular complexity index is 1350. The van der Waals surface area contributed by atoms with Crippen LogP contribution in [0.5, 0.6) is 5.75 Å². The minimum Gasteiger partial charge on any atom is -0.508 e. The van der Waals surface area contributed by atoms with E-state index in [1.54, 1.807) is 0 Å². The molecule has 3 fully saturated rings. The van der Waals surface area contributed by atoms with Crippen molar-refractivity contribution in [1.29, 1.82) is 0 Å². The Morgan fingerprint density at radius 2 is 1.75 bits per heavy atom. The standard InChI is InChI=1S/C33H43N3O4/c1-19-11-23-14-30(35(18-20-4-5-20)10-2-3-21(23)15-31(19)38)22-6-9-29-24(12-22)13-28(32(39)34-29)33(40)36-25-7-8-26(36)17-27(37)16-25/h11,13,15,20,22,25-27,30,37-38H,2-10,12,14,16-18H2,1H3,(H,34,39). The molecule has 4 atom stereocenters. The van der Waals surface area contributed by atoms with Crippen LogP contribution in [-0.2, 0) is 25.7 Å². The molecule has 4 unspecified atom stereocenters. The molecule has 214 valence electrons. The van der Waals surface area contributed by atoms with Crippen LogP contribution < -0.4 is 5.56 Å². The van der Waals surface area contributed by atoms with Gasteiger partial charge in [0, 0.05) is 30.4 Å². The summed E-state index contributed by atoms with van der Waals surface area (Å²) in [5.74, 6) is 1.51. The van der Waals surface area contributed by atoms with Gasteiger partial charge < -0.3 is 20.1 Å². The largest absolute Gasteiger partial charge is 0.508 e. The first kappa shape index (κ1) is 26.3. The van der Waals surface area contributed by atoms with Gasteiger partial charge in [-0.25, -0.2) is 0 Å². The third kappa shape index (κ3) is 4.89. The summed E-state index contributed by atoms with van der Waals surface area (Å²) in [6, 6.07) is 6.59. The number of aromatic amines is 1. The van der Waals surface area contributed by atoms with Gasteiger partial charge in [0.15, 0.2) is 0 Å². The van der Waals surface area contributed by atoms with Crippen LogP contribution in [0.4, 0.5) is 0 Å². The minimum atomic E-state index is -0.343. The molecule has 2 aromatic rings. The lowest BCUT2D eigenvalue weighted by molar-refractivity contribution is 0.0285. The van der Waals surface area contributed by atoms with Gasteiger partial charge in [0.1, 0.15) is 11.3 Å². The topological polar surface area (TPSA) is 96.9 Å². The fraction of sp³-hybridized carbons (Fsp3) is 0.636. The number of phenolic OH excluding ortho intramolecular Hbond substituents is 1. The Morgan fingerprint density at radius 3 is 2.50 bits per heavy atom. The van der Waals surface area contributed by atoms with Crippen molar-refractivity contribution in [3.05, 3.63) is 62.1 Å². The molecule has 40 heavy (non-hydrogen) atoms. The average molecular weight is 546 g/mol. The Labute approximate surface area is 236 Å². The lowest BCUT2D eigenvalue weighted by Crippen LogP contribution is -2.49. The number of benzene rings is 1. The van der Waals surface area contributed by atoms with E-state index < -0.39 is 0 Å². The van der Waals surface area contributed by atoms with E-state index >= 15 is 0 Å². The zero-order valence-corrected chi connectivity index (χ0v) is 23.7. The second-order valence-corrected chi connectivity index (χ2v) is 13.5. The number of phenols is 1. The van der Waals surface area contributed by atoms with Crippen LogP contribution in [0.25, 0.3) is 0 Å². The number of piperidine rings is 1. The van der Waals surface area contributed by atoms with Crippen molar-refractivity contribution >= 4 is 5.91 Å². The molecule has 1 amide bonds. The van der Waals surface area contributed by atoms with E-state index in [0.29, 0.717) is 30.6 Å². The quantitative estimate of drug-likeness (QED) is 0.542. The Morgan fingerprint density at radius 1 is 0.975 bits per heavy atom. The number of carbonyl (C=O) groups excluding carboxylic acids is 1. The van der Waals surface area contributed by atoms with E-state index in [0.717, 1.165) is 80.7 Å². The van der Waals surface area contributed by atoms with E-state index in [1.807, 2.05) is 24.0 Å². The first-order valence-electron chi connectivity index (χ1n) is 15.6. The van der Waals surface area contributed by atoms with E-state index in [4.69, 9.17) is 0 Å². The van der Waals surface area contributed by atoms with Gasteiger partial charge >= 0.3 is 0 Å². The minimum absolute atomic E-state index is 0.0401. The summed E-state index contributed by atoms with van der Waals surface area (Å²) in [7, 11) is 0. The summed E-state index contributed by atoms with van der Waals surface area (Å²) in [6.45, 7) is 4.24. The maximum atomic E-state index is 13.7. The number of pyridine rings is 1. The third-order valence-corrected chi connectivity index (χ3v) is 10.7. The van der Waals surface area contributed by atoms with Gasteiger partial charge in [0.05, 0.1) is 6.10 Å². The van der Waals surface area contributed by atoms with Gasteiger partial charge in [-0.2, -0.15) is 0 Å². The molecule has 3 N–H and O–H groups in total. The van der Waals surface area contributed by atoms with Crippen LogP contribution in [0.2, 0.25) is 0 Å². The van der Waals surface area contributed by atoms with E-state index in [1.165, 1.54) is 30.5 Å². The molecule has 2 aliphatic carbocycles. The smallest absolute Gasteiger partial charge is 0.261 e. The molecule has 0 radical (unpaired) electrons. The monoisotopic (exact) mass is 545 g/mol. The summed E-state index contributed by atoms with van der Waals surface area (Å²) in [6.07, 6.45) is 11.2. The van der Waals surface area contributed by atoms with Crippen LogP contribution in [0.1, 0.15) is 89.7 Å². The van der Waals surface area contributed by atoms with Crippen molar-refractivity contribution in [3.8, 4) is 5.75 Å². The van der Waals surface area contributed by atoms with Gasteiger partial charge in [0.25, 0.3) is 11.5 Å². The highest BCUT2D eigenvalue weighted by Gasteiger charge is 2.44. The number of nitrogens with zero attached hydrogens (tertiary/aromatic N) is 2. The number of aliphatic hydroxyl groups excluding tert-OH is 1. The fourth-order valence-corrected chi connectivity index (χ4v) is 8.38. The summed E-state index contributed by atoms with van der Waals surface area (Å²) < 4.78 is 0.